The van der Waals surface area contributed by atoms with Gasteiger partial charge in [-0.1, -0.05) is 23.9 Å². The lowest BCUT2D eigenvalue weighted by Crippen LogP contribution is -2.18. The summed E-state index contributed by atoms with van der Waals surface area (Å²) in [4.78, 5) is 4.37. The molecule has 0 radical (unpaired) electrons. The number of nitrogens with zero attached hydrogens (tertiary/aromatic N) is 2. The first kappa shape index (κ1) is 16.8. The van der Waals surface area contributed by atoms with Crippen molar-refractivity contribution in [1.82, 2.24) is 9.55 Å². The number of ether oxygens (including phenoxy) is 1. The van der Waals surface area contributed by atoms with Crippen molar-refractivity contribution in [1.29, 1.82) is 0 Å². The number of benzene rings is 1. The van der Waals surface area contributed by atoms with Crippen LogP contribution >= 0.6 is 11.8 Å². The van der Waals surface area contributed by atoms with Gasteiger partial charge in [-0.15, -0.1) is 0 Å². The van der Waals surface area contributed by atoms with Crippen LogP contribution < -0.4 is 0 Å². The van der Waals surface area contributed by atoms with Crippen LogP contribution in [0.3, 0.4) is 0 Å². The van der Waals surface area contributed by atoms with Crippen LogP contribution in [0.25, 0.3) is 5.69 Å². The van der Waals surface area contributed by atoms with Crippen LogP contribution in [-0.2, 0) is 11.3 Å². The van der Waals surface area contributed by atoms with Crippen molar-refractivity contribution in [2.24, 2.45) is 0 Å². The molecule has 0 saturated heterocycles. The number of thioether (sulfide) groups is 1. The van der Waals surface area contributed by atoms with E-state index >= 15 is 0 Å². The van der Waals surface area contributed by atoms with Crippen molar-refractivity contribution in [2.75, 3.05) is 12.4 Å². The Labute approximate surface area is 145 Å². The van der Waals surface area contributed by atoms with Gasteiger partial charge >= 0.3 is 0 Å². The van der Waals surface area contributed by atoms with Crippen LogP contribution in [0.4, 0.5) is 0 Å². The molecular weight excluding hydrogens is 324 g/mol. The monoisotopic (exact) mass is 344 g/mol. The van der Waals surface area contributed by atoms with Crippen molar-refractivity contribution >= 4 is 11.8 Å². The van der Waals surface area contributed by atoms with Crippen molar-refractivity contribution in [3.63, 3.8) is 0 Å². The highest BCUT2D eigenvalue weighted by molar-refractivity contribution is 7.99. The SMILES string of the molecule is Cc1cccc(-n2ccnc2SCC(O)COCc2ccco2)c1. The number of rotatable bonds is 8. The Kier molecular flexibility index (Phi) is 5.74. The van der Waals surface area contributed by atoms with Gasteiger partial charge in [0.25, 0.3) is 0 Å². The topological polar surface area (TPSA) is 60.4 Å². The lowest BCUT2D eigenvalue weighted by molar-refractivity contribution is 0.0328. The predicted molar refractivity (Wildman–Crippen MR) is 93.4 cm³/mol. The average molecular weight is 344 g/mol. The van der Waals surface area contributed by atoms with E-state index in [0.717, 1.165) is 16.6 Å². The summed E-state index contributed by atoms with van der Waals surface area (Å²) in [6.45, 7) is 2.69. The molecule has 2 aromatic heterocycles. The minimum atomic E-state index is -0.562. The molecule has 24 heavy (non-hydrogen) atoms. The van der Waals surface area contributed by atoms with Crippen LogP contribution in [0.5, 0.6) is 0 Å². The molecule has 1 aromatic carbocycles. The summed E-state index contributed by atoms with van der Waals surface area (Å²) in [5, 5.41) is 10.9. The molecule has 0 amide bonds. The highest BCUT2D eigenvalue weighted by Crippen LogP contribution is 2.21. The van der Waals surface area contributed by atoms with Gasteiger partial charge in [-0.25, -0.2) is 4.98 Å². The highest BCUT2D eigenvalue weighted by atomic mass is 32.2. The molecule has 5 nitrogen and oxygen atoms in total. The van der Waals surface area contributed by atoms with Gasteiger partial charge in [-0.2, -0.15) is 0 Å². The molecule has 1 unspecified atom stereocenters. The second-order valence-corrected chi connectivity index (χ2v) is 6.47. The van der Waals surface area contributed by atoms with Gasteiger partial charge in [0.2, 0.25) is 0 Å². The molecule has 3 rings (SSSR count). The van der Waals surface area contributed by atoms with E-state index in [0.29, 0.717) is 12.4 Å². The summed E-state index contributed by atoms with van der Waals surface area (Å²) < 4.78 is 12.7. The molecule has 1 atom stereocenters. The van der Waals surface area contributed by atoms with Crippen molar-refractivity contribution in [3.05, 3.63) is 66.4 Å². The van der Waals surface area contributed by atoms with Gasteiger partial charge in [0.1, 0.15) is 12.4 Å². The fourth-order valence-electron chi connectivity index (χ4n) is 2.28. The third-order valence-corrected chi connectivity index (χ3v) is 4.54. The molecule has 0 aliphatic carbocycles. The fraction of sp³-hybridized carbons (Fsp3) is 0.278. The first-order valence-electron chi connectivity index (χ1n) is 7.74. The molecule has 0 fully saturated rings. The van der Waals surface area contributed by atoms with Crippen molar-refractivity contribution < 1.29 is 14.3 Å². The summed E-state index contributed by atoms with van der Waals surface area (Å²) in [6.07, 6.45) is 4.74. The van der Waals surface area contributed by atoms with E-state index in [9.17, 15) is 5.11 Å². The first-order chi connectivity index (χ1) is 11.7. The van der Waals surface area contributed by atoms with E-state index in [1.54, 1.807) is 12.5 Å². The Morgan fingerprint density at radius 2 is 2.25 bits per heavy atom. The summed E-state index contributed by atoms with van der Waals surface area (Å²) in [5.41, 5.74) is 2.27. The van der Waals surface area contributed by atoms with Crippen LogP contribution in [-0.4, -0.2) is 33.1 Å². The first-order valence-corrected chi connectivity index (χ1v) is 8.72. The molecule has 0 aliphatic rings. The number of hydrogen-bond acceptors (Lipinski definition) is 5. The molecule has 0 bridgehead atoms. The minimum Gasteiger partial charge on any atom is -0.467 e. The quantitative estimate of drug-likeness (QED) is 0.634. The van der Waals surface area contributed by atoms with E-state index in [2.05, 4.69) is 24.0 Å². The van der Waals surface area contributed by atoms with Crippen LogP contribution in [0.2, 0.25) is 0 Å². The van der Waals surface area contributed by atoms with Gasteiger partial charge in [-0.05, 0) is 36.8 Å². The molecule has 0 spiro atoms. The highest BCUT2D eigenvalue weighted by Gasteiger charge is 2.11. The molecule has 126 valence electrons. The Hall–Kier alpha value is -2.02. The maximum Gasteiger partial charge on any atom is 0.172 e. The van der Waals surface area contributed by atoms with E-state index in [4.69, 9.17) is 9.15 Å². The standard InChI is InChI=1S/C18H20N2O3S/c1-14-4-2-5-15(10-14)20-8-7-19-18(20)24-13-16(21)11-22-12-17-6-3-9-23-17/h2-10,16,21H,11-13H2,1H3. The average Bonchev–Trinajstić information content (AvgIpc) is 3.24. The summed E-state index contributed by atoms with van der Waals surface area (Å²) >= 11 is 1.51. The molecule has 3 aromatic rings. The molecule has 0 saturated carbocycles. The zero-order valence-electron chi connectivity index (χ0n) is 13.5. The fourth-order valence-corrected chi connectivity index (χ4v) is 3.16. The number of aromatic nitrogens is 2. The Morgan fingerprint density at radius 1 is 1.33 bits per heavy atom. The van der Waals surface area contributed by atoms with Crippen molar-refractivity contribution in [3.8, 4) is 5.69 Å². The second kappa shape index (κ2) is 8.19. The number of aliphatic hydroxyl groups is 1. The van der Waals surface area contributed by atoms with E-state index < -0.39 is 6.10 Å². The lowest BCUT2D eigenvalue weighted by atomic mass is 10.2. The number of furan rings is 1. The van der Waals surface area contributed by atoms with Gasteiger partial charge in [0, 0.05) is 23.8 Å². The number of aryl methyl sites for hydroxylation is 1. The minimum absolute atomic E-state index is 0.263. The van der Waals surface area contributed by atoms with Gasteiger partial charge < -0.3 is 14.3 Å². The zero-order valence-corrected chi connectivity index (χ0v) is 14.3. The normalized spacial score (nSPS) is 12.4. The van der Waals surface area contributed by atoms with E-state index in [1.165, 1.54) is 17.3 Å². The van der Waals surface area contributed by atoms with Gasteiger partial charge in [0.05, 0.1) is 19.0 Å². The number of aliphatic hydroxyl groups excluding tert-OH is 1. The van der Waals surface area contributed by atoms with Crippen LogP contribution in [0, 0.1) is 6.92 Å². The third-order valence-electron chi connectivity index (χ3n) is 3.43. The Balaban J connectivity index is 1.51. The predicted octanol–water partition coefficient (Wildman–Crippen LogP) is 3.44. The van der Waals surface area contributed by atoms with Gasteiger partial charge in [0.15, 0.2) is 5.16 Å². The van der Waals surface area contributed by atoms with Crippen molar-refractivity contribution in [2.45, 2.75) is 24.8 Å². The molecular formula is C18H20N2O3S. The van der Waals surface area contributed by atoms with E-state index in [-0.39, 0.29) is 6.61 Å². The maximum absolute atomic E-state index is 10.1. The molecule has 1 N–H and O–H groups in total. The van der Waals surface area contributed by atoms with Gasteiger partial charge in [-0.3, -0.25) is 4.57 Å². The number of imidazole rings is 1. The Morgan fingerprint density at radius 3 is 3.04 bits per heavy atom. The van der Waals surface area contributed by atoms with Crippen LogP contribution in [0.1, 0.15) is 11.3 Å². The summed E-state index contributed by atoms with van der Waals surface area (Å²) in [5.74, 6) is 1.27. The summed E-state index contributed by atoms with van der Waals surface area (Å²) in [6, 6.07) is 11.9. The zero-order chi connectivity index (χ0) is 16.8. The van der Waals surface area contributed by atoms with Crippen LogP contribution in [0.15, 0.2) is 64.6 Å². The molecule has 6 heteroatoms. The molecule has 0 aliphatic heterocycles. The molecule has 2 heterocycles. The largest absolute Gasteiger partial charge is 0.467 e. The Bertz CT molecular complexity index is 755. The van der Waals surface area contributed by atoms with E-state index in [1.807, 2.05) is 35.0 Å². The maximum atomic E-state index is 10.1. The lowest BCUT2D eigenvalue weighted by Gasteiger charge is -2.12. The smallest absolute Gasteiger partial charge is 0.172 e. The number of hydrogen-bond donors (Lipinski definition) is 1. The third kappa shape index (κ3) is 4.50. The summed E-state index contributed by atoms with van der Waals surface area (Å²) in [7, 11) is 0. The second-order valence-electron chi connectivity index (χ2n) is 5.48.